The van der Waals surface area contributed by atoms with Gasteiger partial charge >= 0.3 is 5.97 Å². The maximum Gasteiger partial charge on any atom is 0.320 e. The maximum atomic E-state index is 13.1. The average Bonchev–Trinajstić information content (AvgIpc) is 2.64. The fourth-order valence-corrected chi connectivity index (χ4v) is 2.59. The second kappa shape index (κ2) is 7.17. The summed E-state index contributed by atoms with van der Waals surface area (Å²) in [6, 6.07) is 5.01. The van der Waals surface area contributed by atoms with Crippen molar-refractivity contribution in [2.75, 3.05) is 18.4 Å². The molecule has 0 aliphatic carbocycles. The van der Waals surface area contributed by atoms with Gasteiger partial charge in [-0.1, -0.05) is 18.9 Å². The SMILES string of the molecule is O=C(CN1CCCCCC1C(=O)O)Nc1cccc(F)c1. The number of halogens is 1. The summed E-state index contributed by atoms with van der Waals surface area (Å²) in [5, 5.41) is 11.8. The lowest BCUT2D eigenvalue weighted by molar-refractivity contribution is -0.143. The number of nitrogens with one attached hydrogen (secondary N) is 1. The van der Waals surface area contributed by atoms with Gasteiger partial charge in [0.2, 0.25) is 5.91 Å². The fraction of sp³-hybridized carbons (Fsp3) is 0.467. The summed E-state index contributed by atoms with van der Waals surface area (Å²) < 4.78 is 13.1. The molecule has 0 radical (unpaired) electrons. The minimum absolute atomic E-state index is 0.00742. The van der Waals surface area contributed by atoms with Gasteiger partial charge in [0.05, 0.1) is 6.54 Å². The molecule has 1 aromatic rings. The minimum atomic E-state index is -0.893. The van der Waals surface area contributed by atoms with Crippen LogP contribution < -0.4 is 5.32 Å². The van der Waals surface area contributed by atoms with Gasteiger partial charge in [0.15, 0.2) is 0 Å². The van der Waals surface area contributed by atoms with Crippen LogP contribution in [0.5, 0.6) is 0 Å². The second-order valence-electron chi connectivity index (χ2n) is 5.23. The maximum absolute atomic E-state index is 13.1. The van der Waals surface area contributed by atoms with E-state index in [1.807, 2.05) is 0 Å². The van der Waals surface area contributed by atoms with Crippen LogP contribution in [0.2, 0.25) is 0 Å². The highest BCUT2D eigenvalue weighted by atomic mass is 19.1. The quantitative estimate of drug-likeness (QED) is 0.892. The highest BCUT2D eigenvalue weighted by Gasteiger charge is 2.28. The largest absolute Gasteiger partial charge is 0.480 e. The molecule has 1 saturated heterocycles. The average molecular weight is 294 g/mol. The zero-order valence-corrected chi connectivity index (χ0v) is 11.7. The van der Waals surface area contributed by atoms with Crippen molar-refractivity contribution in [1.82, 2.24) is 4.90 Å². The molecule has 2 rings (SSSR count). The van der Waals surface area contributed by atoms with E-state index in [0.717, 1.165) is 19.3 Å². The lowest BCUT2D eigenvalue weighted by Gasteiger charge is -2.25. The number of likely N-dealkylation sites (tertiary alicyclic amines) is 1. The van der Waals surface area contributed by atoms with E-state index in [1.54, 1.807) is 11.0 Å². The van der Waals surface area contributed by atoms with Gasteiger partial charge in [0.1, 0.15) is 11.9 Å². The summed E-state index contributed by atoms with van der Waals surface area (Å²) in [4.78, 5) is 25.0. The lowest BCUT2D eigenvalue weighted by Crippen LogP contribution is -2.44. The number of amides is 1. The topological polar surface area (TPSA) is 69.6 Å². The normalized spacial score (nSPS) is 19.8. The van der Waals surface area contributed by atoms with Crippen molar-refractivity contribution in [2.45, 2.75) is 31.7 Å². The first-order chi connectivity index (χ1) is 10.1. The molecule has 0 aromatic heterocycles. The molecule has 1 heterocycles. The first-order valence-corrected chi connectivity index (χ1v) is 7.08. The van der Waals surface area contributed by atoms with Crippen LogP contribution in [0.15, 0.2) is 24.3 Å². The predicted molar refractivity (Wildman–Crippen MR) is 76.5 cm³/mol. The highest BCUT2D eigenvalue weighted by Crippen LogP contribution is 2.17. The molecule has 0 spiro atoms. The molecule has 2 N–H and O–H groups in total. The van der Waals surface area contributed by atoms with E-state index < -0.39 is 17.8 Å². The van der Waals surface area contributed by atoms with Gasteiger partial charge in [-0.25, -0.2) is 4.39 Å². The molecule has 21 heavy (non-hydrogen) atoms. The summed E-state index contributed by atoms with van der Waals surface area (Å²) >= 11 is 0. The van der Waals surface area contributed by atoms with Gasteiger partial charge in [-0.05, 0) is 37.6 Å². The van der Waals surface area contributed by atoms with Crippen molar-refractivity contribution in [3.8, 4) is 0 Å². The Kier molecular flexibility index (Phi) is 5.27. The third kappa shape index (κ3) is 4.53. The molecular weight excluding hydrogens is 275 g/mol. The molecule has 5 nitrogen and oxygen atoms in total. The van der Waals surface area contributed by atoms with Gasteiger partial charge in [-0.2, -0.15) is 0 Å². The molecular formula is C15H19FN2O3. The number of benzene rings is 1. The number of carbonyl (C=O) groups excluding carboxylic acids is 1. The van der Waals surface area contributed by atoms with Crippen molar-refractivity contribution in [3.63, 3.8) is 0 Å². The summed E-state index contributed by atoms with van der Waals surface area (Å²) in [6.45, 7) is 0.598. The second-order valence-corrected chi connectivity index (χ2v) is 5.23. The highest BCUT2D eigenvalue weighted by molar-refractivity contribution is 5.92. The molecule has 0 bridgehead atoms. The molecule has 1 aromatic carbocycles. The molecule has 114 valence electrons. The van der Waals surface area contributed by atoms with E-state index in [4.69, 9.17) is 0 Å². The lowest BCUT2D eigenvalue weighted by atomic mass is 10.1. The molecule has 1 unspecified atom stereocenters. The Bertz CT molecular complexity index is 521. The van der Waals surface area contributed by atoms with Gasteiger partial charge in [-0.15, -0.1) is 0 Å². The zero-order chi connectivity index (χ0) is 15.2. The number of hydrogen-bond donors (Lipinski definition) is 2. The smallest absolute Gasteiger partial charge is 0.320 e. The summed E-state index contributed by atoms with van der Waals surface area (Å²) in [7, 11) is 0. The molecule has 0 saturated carbocycles. The van der Waals surface area contributed by atoms with Crippen LogP contribution in [0, 0.1) is 5.82 Å². The Balaban J connectivity index is 1.97. The van der Waals surface area contributed by atoms with Crippen molar-refractivity contribution in [1.29, 1.82) is 0 Å². The van der Waals surface area contributed by atoms with E-state index in [2.05, 4.69) is 5.32 Å². The number of anilines is 1. The van der Waals surface area contributed by atoms with Crippen LogP contribution in [-0.4, -0.2) is 41.0 Å². The van der Waals surface area contributed by atoms with E-state index in [1.165, 1.54) is 18.2 Å². The Morgan fingerprint density at radius 2 is 2.14 bits per heavy atom. The molecule has 1 atom stereocenters. The number of carboxylic acids is 1. The molecule has 1 amide bonds. The van der Waals surface area contributed by atoms with Gasteiger partial charge in [0.25, 0.3) is 0 Å². The minimum Gasteiger partial charge on any atom is -0.480 e. The fourth-order valence-electron chi connectivity index (χ4n) is 2.59. The number of hydrogen-bond acceptors (Lipinski definition) is 3. The number of carboxylic acid groups (broad SMARTS) is 1. The summed E-state index contributed by atoms with van der Waals surface area (Å²) in [6.07, 6.45) is 3.28. The first-order valence-electron chi connectivity index (χ1n) is 7.08. The van der Waals surface area contributed by atoms with E-state index >= 15 is 0 Å². The Morgan fingerprint density at radius 3 is 2.86 bits per heavy atom. The third-order valence-electron chi connectivity index (χ3n) is 3.60. The van der Waals surface area contributed by atoms with Crippen molar-refractivity contribution < 1.29 is 19.1 Å². The standard InChI is InChI=1S/C15H19FN2O3/c16-11-5-4-6-12(9-11)17-14(19)10-18-8-3-1-2-7-13(18)15(20)21/h4-6,9,13H,1-3,7-8,10H2,(H,17,19)(H,20,21). The molecule has 1 aliphatic heterocycles. The Hall–Kier alpha value is -1.95. The van der Waals surface area contributed by atoms with Crippen LogP contribution in [-0.2, 0) is 9.59 Å². The van der Waals surface area contributed by atoms with E-state index in [-0.39, 0.29) is 12.5 Å². The van der Waals surface area contributed by atoms with Crippen molar-refractivity contribution in [3.05, 3.63) is 30.1 Å². The van der Waals surface area contributed by atoms with E-state index in [0.29, 0.717) is 18.7 Å². The van der Waals surface area contributed by atoms with Crippen LogP contribution in [0.4, 0.5) is 10.1 Å². The van der Waals surface area contributed by atoms with Gasteiger partial charge in [0, 0.05) is 5.69 Å². The predicted octanol–water partition coefficient (Wildman–Crippen LogP) is 2.09. The van der Waals surface area contributed by atoms with Crippen LogP contribution in [0.3, 0.4) is 0 Å². The van der Waals surface area contributed by atoms with Crippen molar-refractivity contribution in [2.24, 2.45) is 0 Å². The third-order valence-corrected chi connectivity index (χ3v) is 3.60. The van der Waals surface area contributed by atoms with E-state index in [9.17, 15) is 19.1 Å². The first kappa shape index (κ1) is 15.4. The summed E-state index contributed by atoms with van der Waals surface area (Å²) in [5.74, 6) is -1.64. The Morgan fingerprint density at radius 1 is 1.33 bits per heavy atom. The van der Waals surface area contributed by atoms with Gasteiger partial charge < -0.3 is 10.4 Å². The molecule has 1 aliphatic rings. The monoisotopic (exact) mass is 294 g/mol. The molecule has 6 heteroatoms. The van der Waals surface area contributed by atoms with Crippen LogP contribution >= 0.6 is 0 Å². The number of carbonyl (C=O) groups is 2. The zero-order valence-electron chi connectivity index (χ0n) is 11.7. The number of rotatable bonds is 4. The van der Waals surface area contributed by atoms with Crippen molar-refractivity contribution >= 4 is 17.6 Å². The number of aliphatic carboxylic acids is 1. The number of nitrogens with zero attached hydrogens (tertiary/aromatic N) is 1. The molecule has 1 fully saturated rings. The van der Waals surface area contributed by atoms with Crippen LogP contribution in [0.1, 0.15) is 25.7 Å². The Labute approximate surface area is 122 Å². The van der Waals surface area contributed by atoms with Gasteiger partial charge in [-0.3, -0.25) is 14.5 Å². The summed E-state index contributed by atoms with van der Waals surface area (Å²) in [5.41, 5.74) is 0.377. The van der Waals surface area contributed by atoms with Crippen LogP contribution in [0.25, 0.3) is 0 Å².